The van der Waals surface area contributed by atoms with Gasteiger partial charge in [-0.3, -0.25) is 4.79 Å². The van der Waals surface area contributed by atoms with Crippen LogP contribution >= 0.6 is 34.5 Å². The minimum atomic E-state index is -0.0720. The first-order valence-electron chi connectivity index (χ1n) is 12.4. The third kappa shape index (κ3) is 7.10. The van der Waals surface area contributed by atoms with Crippen molar-refractivity contribution in [2.75, 3.05) is 13.7 Å². The van der Waals surface area contributed by atoms with Gasteiger partial charge in [0.15, 0.2) is 0 Å². The molecule has 0 radical (unpaired) electrons. The first kappa shape index (κ1) is 28.0. The summed E-state index contributed by atoms with van der Waals surface area (Å²) >= 11 is 13.7. The summed E-state index contributed by atoms with van der Waals surface area (Å²) in [6.45, 7) is 7.75. The SMILES string of the molecule is COc1ccc(CCn2c(-c3csc(COc4cc(Cl)cc(Cl)c4)n3)cc(C(=O)NCC(C)C)c2C)cc1. The van der Waals surface area contributed by atoms with Crippen LogP contribution in [0.2, 0.25) is 10.0 Å². The number of halogens is 2. The normalized spacial score (nSPS) is 11.1. The summed E-state index contributed by atoms with van der Waals surface area (Å²) < 4.78 is 13.3. The fraction of sp³-hybridized carbons (Fsp3) is 0.310. The van der Waals surface area contributed by atoms with Crippen LogP contribution in [-0.2, 0) is 19.6 Å². The molecule has 9 heteroatoms. The van der Waals surface area contributed by atoms with Gasteiger partial charge in [-0.25, -0.2) is 4.98 Å². The predicted molar refractivity (Wildman–Crippen MR) is 155 cm³/mol. The third-order valence-corrected chi connectivity index (χ3v) is 7.34. The largest absolute Gasteiger partial charge is 0.497 e. The molecule has 0 aliphatic rings. The molecule has 0 saturated carbocycles. The van der Waals surface area contributed by atoms with Gasteiger partial charge < -0.3 is 19.4 Å². The van der Waals surface area contributed by atoms with E-state index in [0.29, 0.717) is 40.4 Å². The highest BCUT2D eigenvalue weighted by Gasteiger charge is 2.20. The van der Waals surface area contributed by atoms with Gasteiger partial charge in [-0.2, -0.15) is 0 Å². The molecule has 38 heavy (non-hydrogen) atoms. The number of carbonyl (C=O) groups excluding carboxylic acids is 1. The number of methoxy groups -OCH3 is 1. The van der Waals surface area contributed by atoms with E-state index in [2.05, 4.69) is 35.9 Å². The average Bonchev–Trinajstić information content (AvgIpc) is 3.49. The zero-order valence-corrected chi connectivity index (χ0v) is 24.2. The number of thiazole rings is 1. The fourth-order valence-electron chi connectivity index (χ4n) is 4.05. The molecule has 0 atom stereocenters. The van der Waals surface area contributed by atoms with Crippen LogP contribution in [0, 0.1) is 12.8 Å². The minimum Gasteiger partial charge on any atom is -0.497 e. The van der Waals surface area contributed by atoms with E-state index >= 15 is 0 Å². The van der Waals surface area contributed by atoms with Crippen LogP contribution in [0.15, 0.2) is 53.9 Å². The Kier molecular flexibility index (Phi) is 9.36. The van der Waals surface area contributed by atoms with Crippen LogP contribution in [0.1, 0.15) is 40.5 Å². The Balaban J connectivity index is 1.58. The zero-order valence-electron chi connectivity index (χ0n) is 21.9. The Labute approximate surface area is 237 Å². The lowest BCUT2D eigenvalue weighted by atomic mass is 10.1. The molecule has 2 aromatic heterocycles. The van der Waals surface area contributed by atoms with E-state index in [1.54, 1.807) is 25.3 Å². The van der Waals surface area contributed by atoms with Crippen LogP contribution in [0.4, 0.5) is 0 Å². The average molecular weight is 573 g/mol. The standard InChI is InChI=1S/C29H31Cl2N3O3S/c1-18(2)15-32-29(35)25-14-27(34(19(25)3)10-9-20-5-7-23(36-4)8-6-20)26-17-38-28(33-26)16-37-24-12-21(30)11-22(31)13-24/h5-8,11-14,17-18H,9-10,15-16H2,1-4H3,(H,32,35). The molecule has 2 heterocycles. The van der Waals surface area contributed by atoms with E-state index in [-0.39, 0.29) is 12.5 Å². The number of aryl methyl sites for hydroxylation is 1. The highest BCUT2D eigenvalue weighted by molar-refractivity contribution is 7.09. The van der Waals surface area contributed by atoms with E-state index < -0.39 is 0 Å². The summed E-state index contributed by atoms with van der Waals surface area (Å²) in [6, 6.07) is 15.1. The number of hydrogen-bond acceptors (Lipinski definition) is 5. The van der Waals surface area contributed by atoms with Gasteiger partial charge >= 0.3 is 0 Å². The second-order valence-corrected chi connectivity index (χ2v) is 11.2. The first-order valence-corrected chi connectivity index (χ1v) is 14.0. The number of rotatable bonds is 11. The molecular formula is C29H31Cl2N3O3S. The Morgan fingerprint density at radius 1 is 1.08 bits per heavy atom. The van der Waals surface area contributed by atoms with Crippen molar-refractivity contribution in [3.05, 3.63) is 85.8 Å². The number of ether oxygens (including phenoxy) is 2. The molecular weight excluding hydrogens is 541 g/mol. The summed E-state index contributed by atoms with van der Waals surface area (Å²) in [5.41, 5.74) is 4.46. The number of aromatic nitrogens is 2. The summed E-state index contributed by atoms with van der Waals surface area (Å²) in [5.74, 6) is 1.71. The number of hydrogen-bond donors (Lipinski definition) is 1. The van der Waals surface area contributed by atoms with Gasteiger partial charge in [0.05, 0.1) is 24.1 Å². The molecule has 4 aromatic rings. The monoisotopic (exact) mass is 571 g/mol. The predicted octanol–water partition coefficient (Wildman–Crippen LogP) is 7.44. The zero-order chi connectivity index (χ0) is 27.2. The molecule has 2 aromatic carbocycles. The summed E-state index contributed by atoms with van der Waals surface area (Å²) in [6.07, 6.45) is 0.801. The Hall–Kier alpha value is -3.00. The van der Waals surface area contributed by atoms with Crippen molar-refractivity contribution in [3.63, 3.8) is 0 Å². The number of nitrogens with one attached hydrogen (secondary N) is 1. The van der Waals surface area contributed by atoms with Crippen LogP contribution in [-0.4, -0.2) is 29.1 Å². The Morgan fingerprint density at radius 3 is 2.45 bits per heavy atom. The van der Waals surface area contributed by atoms with Crippen molar-refractivity contribution in [2.24, 2.45) is 5.92 Å². The number of benzene rings is 2. The summed E-state index contributed by atoms with van der Waals surface area (Å²) in [5, 5.41) is 6.88. The number of nitrogens with zero attached hydrogens (tertiary/aromatic N) is 2. The van der Waals surface area contributed by atoms with Crippen molar-refractivity contribution in [1.29, 1.82) is 0 Å². The van der Waals surface area contributed by atoms with Gasteiger partial charge in [0.25, 0.3) is 5.91 Å². The molecule has 4 rings (SSSR count). The van der Waals surface area contributed by atoms with Crippen molar-refractivity contribution in [1.82, 2.24) is 14.9 Å². The maximum absolute atomic E-state index is 13.0. The van der Waals surface area contributed by atoms with E-state index in [4.69, 9.17) is 37.7 Å². The maximum atomic E-state index is 13.0. The van der Waals surface area contributed by atoms with Crippen LogP contribution < -0.4 is 14.8 Å². The molecule has 0 bridgehead atoms. The minimum absolute atomic E-state index is 0.0720. The lowest BCUT2D eigenvalue weighted by molar-refractivity contribution is 0.0948. The molecule has 6 nitrogen and oxygen atoms in total. The van der Waals surface area contributed by atoms with Crippen molar-refractivity contribution >= 4 is 40.4 Å². The highest BCUT2D eigenvalue weighted by atomic mass is 35.5. The van der Waals surface area contributed by atoms with Crippen molar-refractivity contribution in [3.8, 4) is 22.9 Å². The van der Waals surface area contributed by atoms with Gasteiger partial charge in [0.1, 0.15) is 23.1 Å². The molecule has 200 valence electrons. The second-order valence-electron chi connectivity index (χ2n) is 9.40. The summed E-state index contributed by atoms with van der Waals surface area (Å²) in [7, 11) is 1.66. The molecule has 0 saturated heterocycles. The molecule has 1 amide bonds. The fourth-order valence-corrected chi connectivity index (χ4v) is 5.26. The smallest absolute Gasteiger partial charge is 0.253 e. The van der Waals surface area contributed by atoms with E-state index in [9.17, 15) is 4.79 Å². The molecule has 1 N–H and O–H groups in total. The van der Waals surface area contributed by atoms with E-state index in [0.717, 1.165) is 34.3 Å². The van der Waals surface area contributed by atoms with Crippen molar-refractivity contribution in [2.45, 2.75) is 40.3 Å². The molecule has 0 spiro atoms. The van der Waals surface area contributed by atoms with E-state index in [1.807, 2.05) is 30.5 Å². The Bertz CT molecular complexity index is 1380. The maximum Gasteiger partial charge on any atom is 0.253 e. The highest BCUT2D eigenvalue weighted by Crippen LogP contribution is 2.30. The van der Waals surface area contributed by atoms with Gasteiger partial charge in [-0.1, -0.05) is 49.2 Å². The van der Waals surface area contributed by atoms with Gasteiger partial charge in [0.2, 0.25) is 0 Å². The molecule has 0 fully saturated rings. The molecule has 0 aliphatic heterocycles. The summed E-state index contributed by atoms with van der Waals surface area (Å²) in [4.78, 5) is 17.9. The number of amides is 1. The van der Waals surface area contributed by atoms with E-state index in [1.165, 1.54) is 16.9 Å². The van der Waals surface area contributed by atoms with Gasteiger partial charge in [-0.05, 0) is 61.2 Å². The quantitative estimate of drug-likeness (QED) is 0.203. The first-order chi connectivity index (χ1) is 18.2. The van der Waals surface area contributed by atoms with Crippen molar-refractivity contribution < 1.29 is 14.3 Å². The Morgan fingerprint density at radius 2 is 1.79 bits per heavy atom. The number of carbonyl (C=O) groups is 1. The third-order valence-electron chi connectivity index (χ3n) is 6.08. The van der Waals surface area contributed by atoms with Crippen LogP contribution in [0.25, 0.3) is 11.4 Å². The van der Waals surface area contributed by atoms with Gasteiger partial charge in [0, 0.05) is 34.2 Å². The van der Waals surface area contributed by atoms with Crippen LogP contribution in [0.5, 0.6) is 11.5 Å². The molecule has 0 aliphatic carbocycles. The second kappa shape index (κ2) is 12.7. The lowest BCUT2D eigenvalue weighted by Crippen LogP contribution is -2.27. The van der Waals surface area contributed by atoms with Crippen LogP contribution in [0.3, 0.4) is 0 Å². The molecule has 0 unspecified atom stereocenters. The lowest BCUT2D eigenvalue weighted by Gasteiger charge is -2.12. The topological polar surface area (TPSA) is 65.4 Å². The van der Waals surface area contributed by atoms with Gasteiger partial charge in [-0.15, -0.1) is 11.3 Å².